The fraction of sp³-hybridized carbons (Fsp3) is 0.500. The third-order valence-electron chi connectivity index (χ3n) is 3.75. The highest BCUT2D eigenvalue weighted by Gasteiger charge is 2.46. The lowest BCUT2D eigenvalue weighted by Gasteiger charge is -2.49. The number of carbonyl (C=O) groups is 1. The molecule has 1 saturated heterocycles. The van der Waals surface area contributed by atoms with Crippen LogP contribution >= 0.6 is 0 Å². The number of hydrogen-bond acceptors (Lipinski definition) is 4. The molecule has 1 aliphatic heterocycles. The summed E-state index contributed by atoms with van der Waals surface area (Å²) in [5.74, 6) is 0.456. The standard InChI is InChI=1S/C14H20N2O3/c1-9(2)14(18)7-16(8-14)13(17)11-5-4-10(15)6-12(11)19-3/h4-6,9,18H,7-8,15H2,1-3H3. The van der Waals surface area contributed by atoms with Gasteiger partial charge in [0.05, 0.1) is 25.8 Å². The van der Waals surface area contributed by atoms with Gasteiger partial charge in [0, 0.05) is 11.8 Å². The third kappa shape index (κ3) is 2.38. The molecule has 0 atom stereocenters. The van der Waals surface area contributed by atoms with Crippen LogP contribution in [-0.2, 0) is 0 Å². The zero-order valence-electron chi connectivity index (χ0n) is 11.5. The first-order valence-electron chi connectivity index (χ1n) is 6.32. The number of benzene rings is 1. The van der Waals surface area contributed by atoms with Gasteiger partial charge in [-0.2, -0.15) is 0 Å². The van der Waals surface area contributed by atoms with Crippen molar-refractivity contribution >= 4 is 11.6 Å². The topological polar surface area (TPSA) is 75.8 Å². The summed E-state index contributed by atoms with van der Waals surface area (Å²) in [5, 5.41) is 10.2. The Bertz CT molecular complexity index is 493. The van der Waals surface area contributed by atoms with Gasteiger partial charge < -0.3 is 20.5 Å². The maximum Gasteiger partial charge on any atom is 0.257 e. The first-order valence-corrected chi connectivity index (χ1v) is 6.32. The number of nitrogen functional groups attached to an aromatic ring is 1. The van der Waals surface area contributed by atoms with Crippen LogP contribution in [0.2, 0.25) is 0 Å². The Hall–Kier alpha value is -1.75. The number of likely N-dealkylation sites (tertiary alicyclic amines) is 1. The molecule has 1 amide bonds. The van der Waals surface area contributed by atoms with E-state index in [1.807, 2.05) is 13.8 Å². The van der Waals surface area contributed by atoms with Crippen molar-refractivity contribution in [3.8, 4) is 5.75 Å². The van der Waals surface area contributed by atoms with Crippen molar-refractivity contribution < 1.29 is 14.6 Å². The Morgan fingerprint density at radius 2 is 2.11 bits per heavy atom. The molecule has 3 N–H and O–H groups in total. The lowest BCUT2D eigenvalue weighted by molar-refractivity contribution is -0.110. The number of aliphatic hydroxyl groups is 1. The fourth-order valence-corrected chi connectivity index (χ4v) is 2.18. The summed E-state index contributed by atoms with van der Waals surface area (Å²) in [5.41, 5.74) is 5.92. The number of nitrogens with two attached hydrogens (primary N) is 1. The summed E-state index contributed by atoms with van der Waals surface area (Å²) in [6.07, 6.45) is 0. The average molecular weight is 264 g/mol. The Morgan fingerprint density at radius 1 is 1.47 bits per heavy atom. The van der Waals surface area contributed by atoms with E-state index in [1.54, 1.807) is 23.1 Å². The monoisotopic (exact) mass is 264 g/mol. The van der Waals surface area contributed by atoms with Gasteiger partial charge >= 0.3 is 0 Å². The maximum atomic E-state index is 12.3. The molecule has 5 nitrogen and oxygen atoms in total. The largest absolute Gasteiger partial charge is 0.496 e. The van der Waals surface area contributed by atoms with E-state index in [0.717, 1.165) is 0 Å². The molecule has 0 bridgehead atoms. The molecular formula is C14H20N2O3. The van der Waals surface area contributed by atoms with Crippen LogP contribution in [0, 0.1) is 5.92 Å². The highest BCUT2D eigenvalue weighted by atomic mass is 16.5. The SMILES string of the molecule is COc1cc(N)ccc1C(=O)N1CC(O)(C(C)C)C1. The first kappa shape index (κ1) is 13.7. The Kier molecular flexibility index (Phi) is 3.41. The van der Waals surface area contributed by atoms with E-state index in [0.29, 0.717) is 30.1 Å². The number of nitrogens with zero attached hydrogens (tertiary/aromatic N) is 1. The second-order valence-corrected chi connectivity index (χ2v) is 5.38. The number of carbonyl (C=O) groups excluding carboxylic acids is 1. The highest BCUT2D eigenvalue weighted by Crippen LogP contribution is 2.32. The molecular weight excluding hydrogens is 244 g/mol. The van der Waals surface area contributed by atoms with Gasteiger partial charge in [0.2, 0.25) is 0 Å². The molecule has 1 aromatic rings. The zero-order valence-corrected chi connectivity index (χ0v) is 11.5. The van der Waals surface area contributed by atoms with E-state index in [-0.39, 0.29) is 11.8 Å². The van der Waals surface area contributed by atoms with Crippen molar-refractivity contribution in [2.75, 3.05) is 25.9 Å². The molecule has 5 heteroatoms. The van der Waals surface area contributed by atoms with E-state index in [1.165, 1.54) is 7.11 Å². The van der Waals surface area contributed by atoms with Crippen LogP contribution in [-0.4, -0.2) is 41.7 Å². The molecule has 1 heterocycles. The van der Waals surface area contributed by atoms with E-state index >= 15 is 0 Å². The number of amides is 1. The van der Waals surface area contributed by atoms with Crippen molar-refractivity contribution in [2.24, 2.45) is 5.92 Å². The van der Waals surface area contributed by atoms with Crippen molar-refractivity contribution in [3.63, 3.8) is 0 Å². The molecule has 0 saturated carbocycles. The van der Waals surface area contributed by atoms with Gasteiger partial charge in [-0.1, -0.05) is 13.8 Å². The summed E-state index contributed by atoms with van der Waals surface area (Å²) in [6, 6.07) is 4.95. The van der Waals surface area contributed by atoms with Crippen molar-refractivity contribution in [2.45, 2.75) is 19.4 Å². The van der Waals surface area contributed by atoms with Gasteiger partial charge in [-0.15, -0.1) is 0 Å². The van der Waals surface area contributed by atoms with Gasteiger partial charge in [-0.05, 0) is 18.1 Å². The van der Waals surface area contributed by atoms with Gasteiger partial charge in [0.1, 0.15) is 11.4 Å². The first-order chi connectivity index (χ1) is 8.87. The summed E-state index contributed by atoms with van der Waals surface area (Å²) >= 11 is 0. The van der Waals surface area contributed by atoms with Crippen LogP contribution in [0.15, 0.2) is 18.2 Å². The predicted molar refractivity (Wildman–Crippen MR) is 73.1 cm³/mol. The Labute approximate surface area is 113 Å². The number of anilines is 1. The number of hydrogen-bond donors (Lipinski definition) is 2. The van der Waals surface area contributed by atoms with Gasteiger partial charge in [-0.25, -0.2) is 0 Å². The highest BCUT2D eigenvalue weighted by molar-refractivity contribution is 5.98. The van der Waals surface area contributed by atoms with Crippen LogP contribution in [0.1, 0.15) is 24.2 Å². The summed E-state index contributed by atoms with van der Waals surface area (Å²) < 4.78 is 5.18. The second kappa shape index (κ2) is 4.74. The lowest BCUT2D eigenvalue weighted by atomic mass is 9.82. The van der Waals surface area contributed by atoms with Crippen molar-refractivity contribution in [1.82, 2.24) is 4.90 Å². The van der Waals surface area contributed by atoms with Crippen LogP contribution in [0.5, 0.6) is 5.75 Å². The van der Waals surface area contributed by atoms with E-state index < -0.39 is 5.60 Å². The molecule has 0 aliphatic carbocycles. The second-order valence-electron chi connectivity index (χ2n) is 5.38. The van der Waals surface area contributed by atoms with Crippen LogP contribution < -0.4 is 10.5 Å². The molecule has 0 unspecified atom stereocenters. The minimum Gasteiger partial charge on any atom is -0.496 e. The van der Waals surface area contributed by atoms with Crippen molar-refractivity contribution in [1.29, 1.82) is 0 Å². The van der Waals surface area contributed by atoms with Crippen molar-refractivity contribution in [3.05, 3.63) is 23.8 Å². The smallest absolute Gasteiger partial charge is 0.257 e. The van der Waals surface area contributed by atoms with Crippen LogP contribution in [0.4, 0.5) is 5.69 Å². The van der Waals surface area contributed by atoms with E-state index in [4.69, 9.17) is 10.5 Å². The summed E-state index contributed by atoms with van der Waals surface area (Å²) in [6.45, 7) is 4.62. The molecule has 19 heavy (non-hydrogen) atoms. The fourth-order valence-electron chi connectivity index (χ4n) is 2.18. The lowest BCUT2D eigenvalue weighted by Crippen LogP contribution is -2.65. The maximum absolute atomic E-state index is 12.3. The zero-order chi connectivity index (χ0) is 14.2. The molecule has 1 aromatic carbocycles. The van der Waals surface area contributed by atoms with Gasteiger partial charge in [0.15, 0.2) is 0 Å². The minimum absolute atomic E-state index is 0.130. The molecule has 0 aromatic heterocycles. The summed E-state index contributed by atoms with van der Waals surface area (Å²) in [7, 11) is 1.51. The van der Waals surface area contributed by atoms with E-state index in [9.17, 15) is 9.90 Å². The molecule has 1 fully saturated rings. The number of methoxy groups -OCH3 is 1. The minimum atomic E-state index is -0.767. The Morgan fingerprint density at radius 3 is 2.63 bits per heavy atom. The van der Waals surface area contributed by atoms with Gasteiger partial charge in [0.25, 0.3) is 5.91 Å². The van der Waals surface area contributed by atoms with Gasteiger partial charge in [-0.3, -0.25) is 4.79 Å². The Balaban J connectivity index is 2.15. The normalized spacial score (nSPS) is 17.2. The quantitative estimate of drug-likeness (QED) is 0.802. The van der Waals surface area contributed by atoms with E-state index in [2.05, 4.69) is 0 Å². The molecule has 0 radical (unpaired) electrons. The van der Waals surface area contributed by atoms with Crippen LogP contribution in [0.25, 0.3) is 0 Å². The molecule has 0 spiro atoms. The van der Waals surface area contributed by atoms with Crippen LogP contribution in [0.3, 0.4) is 0 Å². The summed E-state index contributed by atoms with van der Waals surface area (Å²) in [4.78, 5) is 13.9. The molecule has 1 aliphatic rings. The third-order valence-corrected chi connectivity index (χ3v) is 3.75. The number of ether oxygens (including phenoxy) is 1. The number of rotatable bonds is 3. The predicted octanol–water partition coefficient (Wildman–Crippen LogP) is 1.12. The number of β-amino-alcohol motifs (C(OH)–C–C–N with tert-alkyl or cyclic N) is 1. The molecule has 104 valence electrons. The average Bonchev–Trinajstić information content (AvgIpc) is 2.33. The molecule has 2 rings (SSSR count).